The average Bonchev–Trinajstić information content (AvgIpc) is 2.92. The number of hydrogen-bond acceptors (Lipinski definition) is 3. The predicted molar refractivity (Wildman–Crippen MR) is 105 cm³/mol. The molecule has 5 nitrogen and oxygen atoms in total. The summed E-state index contributed by atoms with van der Waals surface area (Å²) in [5.41, 5.74) is 0.376. The second-order valence-corrected chi connectivity index (χ2v) is 9.02. The molecule has 0 spiro atoms. The lowest BCUT2D eigenvalue weighted by molar-refractivity contribution is 0.0762. The van der Waals surface area contributed by atoms with Crippen LogP contribution in [0.3, 0.4) is 0 Å². The van der Waals surface area contributed by atoms with Crippen LogP contribution in [0, 0.1) is 0 Å². The topological polar surface area (TPSA) is 57.7 Å². The van der Waals surface area contributed by atoms with Crippen molar-refractivity contribution in [1.82, 2.24) is 9.21 Å². The molecule has 146 valence electrons. The summed E-state index contributed by atoms with van der Waals surface area (Å²) in [6, 6.07) is 4.58. The largest absolute Gasteiger partial charge is 0.339 e. The van der Waals surface area contributed by atoms with Gasteiger partial charge < -0.3 is 4.90 Å². The Hall–Kier alpha value is -1.11. The van der Waals surface area contributed by atoms with Gasteiger partial charge in [-0.1, -0.05) is 37.8 Å². The van der Waals surface area contributed by atoms with Gasteiger partial charge >= 0.3 is 0 Å². The molecule has 0 atom stereocenters. The fourth-order valence-electron chi connectivity index (χ4n) is 3.19. The molecule has 1 saturated heterocycles. The van der Waals surface area contributed by atoms with Gasteiger partial charge in [-0.25, -0.2) is 8.42 Å². The maximum atomic E-state index is 13.1. The van der Waals surface area contributed by atoms with E-state index in [1.54, 1.807) is 11.0 Å². The number of carbonyl (C=O) groups is 1. The molecule has 1 aromatic rings. The Morgan fingerprint density at radius 2 is 1.81 bits per heavy atom. The minimum absolute atomic E-state index is 0.0402. The number of sulfonamides is 1. The van der Waals surface area contributed by atoms with Gasteiger partial charge in [0.2, 0.25) is 10.0 Å². The van der Waals surface area contributed by atoms with Crippen LogP contribution in [-0.4, -0.2) is 49.7 Å². The molecule has 0 aromatic heterocycles. The maximum absolute atomic E-state index is 13.1. The molecular weight excluding hydrogens is 372 g/mol. The standard InChI is InChI=1S/C19H29ClN2O3S/c1-3-5-12-21(4-2)19(23)16-10-11-17(20)18(15-16)26(24,25)22-13-8-6-7-9-14-22/h10-11,15H,3-9,12-14H2,1-2H3. The lowest BCUT2D eigenvalue weighted by atomic mass is 10.2. The fourth-order valence-corrected chi connectivity index (χ4v) is 5.21. The molecule has 1 fully saturated rings. The van der Waals surface area contributed by atoms with Crippen molar-refractivity contribution < 1.29 is 13.2 Å². The molecule has 26 heavy (non-hydrogen) atoms. The second-order valence-electron chi connectivity index (χ2n) is 6.70. The summed E-state index contributed by atoms with van der Waals surface area (Å²) in [6.07, 6.45) is 5.72. The lowest BCUT2D eigenvalue weighted by Gasteiger charge is -2.23. The molecule has 1 amide bonds. The minimum atomic E-state index is -3.69. The Kier molecular flexibility index (Phi) is 7.92. The van der Waals surface area contributed by atoms with Crippen LogP contribution in [0.1, 0.15) is 62.7 Å². The van der Waals surface area contributed by atoms with Crippen LogP contribution in [0.25, 0.3) is 0 Å². The average molecular weight is 401 g/mol. The highest BCUT2D eigenvalue weighted by Crippen LogP contribution is 2.28. The van der Waals surface area contributed by atoms with Crippen molar-refractivity contribution in [2.24, 2.45) is 0 Å². The molecule has 1 aliphatic heterocycles. The SMILES string of the molecule is CCCCN(CC)C(=O)c1ccc(Cl)c(S(=O)(=O)N2CCCCCC2)c1. The highest BCUT2D eigenvalue weighted by Gasteiger charge is 2.28. The molecule has 2 rings (SSSR count). The van der Waals surface area contributed by atoms with Gasteiger partial charge in [-0.2, -0.15) is 4.31 Å². The van der Waals surface area contributed by atoms with Crippen molar-refractivity contribution in [3.63, 3.8) is 0 Å². The third-order valence-corrected chi connectivity index (χ3v) is 7.19. The van der Waals surface area contributed by atoms with Crippen molar-refractivity contribution in [3.8, 4) is 0 Å². The molecule has 0 radical (unpaired) electrons. The van der Waals surface area contributed by atoms with E-state index < -0.39 is 10.0 Å². The van der Waals surface area contributed by atoms with Crippen LogP contribution < -0.4 is 0 Å². The molecule has 1 aliphatic rings. The van der Waals surface area contributed by atoms with Crippen LogP contribution in [-0.2, 0) is 10.0 Å². The highest BCUT2D eigenvalue weighted by molar-refractivity contribution is 7.89. The van der Waals surface area contributed by atoms with E-state index in [0.717, 1.165) is 38.5 Å². The zero-order valence-corrected chi connectivity index (χ0v) is 17.3. The highest BCUT2D eigenvalue weighted by atomic mass is 35.5. The zero-order valence-electron chi connectivity index (χ0n) is 15.7. The van der Waals surface area contributed by atoms with E-state index in [1.807, 2.05) is 6.92 Å². The van der Waals surface area contributed by atoms with E-state index in [4.69, 9.17) is 11.6 Å². The maximum Gasteiger partial charge on any atom is 0.253 e. The normalized spacial score (nSPS) is 16.3. The van der Waals surface area contributed by atoms with E-state index in [2.05, 4.69) is 6.92 Å². The van der Waals surface area contributed by atoms with Gasteiger partial charge in [-0.3, -0.25) is 4.79 Å². The van der Waals surface area contributed by atoms with E-state index in [9.17, 15) is 13.2 Å². The third kappa shape index (κ3) is 4.99. The smallest absolute Gasteiger partial charge is 0.253 e. The first kappa shape index (κ1) is 21.2. The van der Waals surface area contributed by atoms with E-state index in [-0.39, 0.29) is 15.8 Å². The predicted octanol–water partition coefficient (Wildman–Crippen LogP) is 4.17. The van der Waals surface area contributed by atoms with Crippen molar-refractivity contribution >= 4 is 27.5 Å². The van der Waals surface area contributed by atoms with Crippen LogP contribution in [0.5, 0.6) is 0 Å². The first-order valence-electron chi connectivity index (χ1n) is 9.50. The number of carbonyl (C=O) groups excluding carboxylic acids is 1. The monoisotopic (exact) mass is 400 g/mol. The van der Waals surface area contributed by atoms with Gasteiger partial charge in [0.1, 0.15) is 4.90 Å². The van der Waals surface area contributed by atoms with Crippen LogP contribution in [0.2, 0.25) is 5.02 Å². The molecule has 0 saturated carbocycles. The van der Waals surface area contributed by atoms with Crippen molar-refractivity contribution in [2.45, 2.75) is 57.3 Å². The van der Waals surface area contributed by atoms with Gasteiger partial charge in [-0.15, -0.1) is 0 Å². The summed E-state index contributed by atoms with van der Waals surface area (Å²) >= 11 is 6.21. The third-order valence-electron chi connectivity index (χ3n) is 4.81. The number of halogens is 1. The molecule has 0 bridgehead atoms. The molecule has 1 aromatic carbocycles. The second kappa shape index (κ2) is 9.72. The first-order valence-corrected chi connectivity index (χ1v) is 11.3. The summed E-state index contributed by atoms with van der Waals surface area (Å²) in [6.45, 7) is 6.28. The van der Waals surface area contributed by atoms with Gasteiger partial charge in [0.05, 0.1) is 5.02 Å². The number of rotatable bonds is 7. The number of hydrogen-bond donors (Lipinski definition) is 0. The molecule has 0 N–H and O–H groups in total. The Labute approximate surface area is 162 Å². The summed E-state index contributed by atoms with van der Waals surface area (Å²) in [7, 11) is -3.69. The van der Waals surface area contributed by atoms with E-state index in [0.29, 0.717) is 31.7 Å². The van der Waals surface area contributed by atoms with Crippen LogP contribution >= 0.6 is 11.6 Å². The minimum Gasteiger partial charge on any atom is -0.339 e. The molecule has 0 aliphatic carbocycles. The summed E-state index contributed by atoms with van der Waals surface area (Å²) in [5, 5.41) is 0.169. The molecule has 7 heteroatoms. The lowest BCUT2D eigenvalue weighted by Crippen LogP contribution is -2.33. The van der Waals surface area contributed by atoms with Gasteiger partial charge in [0.25, 0.3) is 5.91 Å². The van der Waals surface area contributed by atoms with Crippen molar-refractivity contribution in [2.75, 3.05) is 26.2 Å². The quantitative estimate of drug-likeness (QED) is 0.690. The molecule has 0 unspecified atom stereocenters. The Morgan fingerprint density at radius 3 is 2.38 bits per heavy atom. The molecule has 1 heterocycles. The summed E-state index contributed by atoms with van der Waals surface area (Å²) < 4.78 is 27.6. The number of nitrogens with zero attached hydrogens (tertiary/aromatic N) is 2. The number of amides is 1. The van der Waals surface area contributed by atoms with E-state index in [1.165, 1.54) is 16.4 Å². The Bertz CT molecular complexity index is 713. The van der Waals surface area contributed by atoms with Gasteiger partial charge in [0, 0.05) is 31.7 Å². The molecular formula is C19H29ClN2O3S. The van der Waals surface area contributed by atoms with Crippen molar-refractivity contribution in [3.05, 3.63) is 28.8 Å². The zero-order chi connectivity index (χ0) is 19.2. The Morgan fingerprint density at radius 1 is 1.15 bits per heavy atom. The van der Waals surface area contributed by atoms with Crippen LogP contribution in [0.4, 0.5) is 0 Å². The number of benzene rings is 1. The van der Waals surface area contributed by atoms with Crippen LogP contribution in [0.15, 0.2) is 23.1 Å². The number of unbranched alkanes of at least 4 members (excludes halogenated alkanes) is 1. The Balaban J connectivity index is 2.32. The summed E-state index contributed by atoms with van der Waals surface area (Å²) in [5.74, 6) is -0.148. The summed E-state index contributed by atoms with van der Waals surface area (Å²) in [4.78, 5) is 14.6. The fraction of sp³-hybridized carbons (Fsp3) is 0.632. The van der Waals surface area contributed by atoms with Crippen molar-refractivity contribution in [1.29, 1.82) is 0 Å². The van der Waals surface area contributed by atoms with Gasteiger partial charge in [-0.05, 0) is 44.4 Å². The van der Waals surface area contributed by atoms with Gasteiger partial charge in [0.15, 0.2) is 0 Å². The first-order chi connectivity index (χ1) is 12.4. The van der Waals surface area contributed by atoms with E-state index >= 15 is 0 Å².